The second-order valence-corrected chi connectivity index (χ2v) is 5.29. The molecule has 0 aromatic heterocycles. The Balaban J connectivity index is 2.02. The molecule has 1 aliphatic heterocycles. The summed E-state index contributed by atoms with van der Waals surface area (Å²) in [5.74, 6) is -0.379. The van der Waals surface area contributed by atoms with E-state index in [0.29, 0.717) is 25.6 Å². The first-order chi connectivity index (χ1) is 9.13. The molecular weight excluding hydrogens is 248 g/mol. The van der Waals surface area contributed by atoms with E-state index in [9.17, 15) is 14.7 Å². The second kappa shape index (κ2) is 6.23. The van der Waals surface area contributed by atoms with Crippen LogP contribution in [-0.2, 0) is 9.53 Å². The molecule has 1 heterocycles. The quantitative estimate of drug-likeness (QED) is 0.809. The van der Waals surface area contributed by atoms with Crippen molar-refractivity contribution in [2.45, 2.75) is 32.2 Å². The molecule has 19 heavy (non-hydrogen) atoms. The van der Waals surface area contributed by atoms with E-state index in [-0.39, 0.29) is 12.6 Å². The first kappa shape index (κ1) is 14.1. The highest BCUT2D eigenvalue weighted by Crippen LogP contribution is 2.30. The van der Waals surface area contributed by atoms with Gasteiger partial charge in [0.15, 0.2) is 6.04 Å². The molecule has 1 saturated heterocycles. The Hall–Kier alpha value is -1.30. The van der Waals surface area contributed by atoms with Crippen LogP contribution in [0.2, 0.25) is 0 Å². The minimum absolute atomic E-state index is 0.0878. The number of carboxylic acid groups (broad SMARTS) is 1. The summed E-state index contributed by atoms with van der Waals surface area (Å²) in [6.45, 7) is 4.35. The highest BCUT2D eigenvalue weighted by atomic mass is 16.5. The van der Waals surface area contributed by atoms with Crippen molar-refractivity contribution >= 4 is 12.0 Å². The maximum atomic E-state index is 12.5. The van der Waals surface area contributed by atoms with Gasteiger partial charge >= 0.3 is 12.0 Å². The van der Waals surface area contributed by atoms with Crippen LogP contribution in [0, 0.1) is 5.92 Å². The van der Waals surface area contributed by atoms with E-state index in [1.807, 2.05) is 6.92 Å². The van der Waals surface area contributed by atoms with Gasteiger partial charge in [0, 0.05) is 19.6 Å². The lowest BCUT2D eigenvalue weighted by Crippen LogP contribution is -2.56. The molecule has 6 heteroatoms. The van der Waals surface area contributed by atoms with E-state index < -0.39 is 12.0 Å². The maximum absolute atomic E-state index is 12.5. The highest BCUT2D eigenvalue weighted by Gasteiger charge is 2.36. The van der Waals surface area contributed by atoms with Crippen LogP contribution in [0.1, 0.15) is 26.2 Å². The van der Waals surface area contributed by atoms with Gasteiger partial charge in [-0.3, -0.25) is 0 Å². The lowest BCUT2D eigenvalue weighted by atomic mass is 10.2. The predicted octanol–water partition coefficient (Wildman–Crippen LogP) is 1.01. The van der Waals surface area contributed by atoms with Gasteiger partial charge < -0.3 is 19.6 Å². The number of amides is 2. The van der Waals surface area contributed by atoms with Crippen molar-refractivity contribution < 1.29 is 19.4 Å². The smallest absolute Gasteiger partial charge is 0.328 e. The van der Waals surface area contributed by atoms with E-state index in [4.69, 9.17) is 4.74 Å². The van der Waals surface area contributed by atoms with Crippen LogP contribution in [-0.4, -0.2) is 65.8 Å². The zero-order chi connectivity index (χ0) is 13.8. The topological polar surface area (TPSA) is 70.1 Å². The van der Waals surface area contributed by atoms with Crippen LogP contribution in [0.3, 0.4) is 0 Å². The van der Waals surface area contributed by atoms with Crippen molar-refractivity contribution in [3.63, 3.8) is 0 Å². The SMILES string of the molecule is CCCN(CC1CC1)C(=O)N1CCOCC1C(=O)O. The van der Waals surface area contributed by atoms with Crippen molar-refractivity contribution in [1.29, 1.82) is 0 Å². The summed E-state index contributed by atoms with van der Waals surface area (Å²) >= 11 is 0. The van der Waals surface area contributed by atoms with Gasteiger partial charge in [-0.05, 0) is 25.2 Å². The molecule has 6 nitrogen and oxygen atoms in total. The number of urea groups is 1. The molecule has 0 aromatic carbocycles. The molecule has 0 spiro atoms. The molecule has 0 aromatic rings. The third-order valence-electron chi connectivity index (χ3n) is 3.60. The minimum atomic E-state index is -0.990. The number of nitrogens with zero attached hydrogens (tertiary/aromatic N) is 2. The van der Waals surface area contributed by atoms with Gasteiger partial charge in [-0.1, -0.05) is 6.92 Å². The van der Waals surface area contributed by atoms with Crippen LogP contribution in [0.5, 0.6) is 0 Å². The lowest BCUT2D eigenvalue weighted by Gasteiger charge is -2.36. The Labute approximate surface area is 113 Å². The van der Waals surface area contributed by atoms with Gasteiger partial charge in [0.2, 0.25) is 0 Å². The molecule has 108 valence electrons. The molecule has 2 fully saturated rings. The standard InChI is InChI=1S/C13H22N2O4/c1-2-5-14(8-10-3-4-10)13(18)15-6-7-19-9-11(15)12(16)17/h10-11H,2-9H2,1H3,(H,16,17). The number of ether oxygens (including phenoxy) is 1. The van der Waals surface area contributed by atoms with Gasteiger partial charge in [0.05, 0.1) is 13.2 Å². The number of morpholine rings is 1. The van der Waals surface area contributed by atoms with E-state index in [0.717, 1.165) is 13.0 Å². The molecule has 2 rings (SSSR count). The third-order valence-corrected chi connectivity index (χ3v) is 3.60. The normalized spacial score (nSPS) is 23.2. The Bertz CT molecular complexity index is 344. The Morgan fingerprint density at radius 3 is 2.74 bits per heavy atom. The van der Waals surface area contributed by atoms with Crippen LogP contribution in [0.15, 0.2) is 0 Å². The van der Waals surface area contributed by atoms with Gasteiger partial charge in [-0.15, -0.1) is 0 Å². The van der Waals surface area contributed by atoms with E-state index >= 15 is 0 Å². The Morgan fingerprint density at radius 1 is 1.42 bits per heavy atom. The van der Waals surface area contributed by atoms with Crippen molar-refractivity contribution in [3.8, 4) is 0 Å². The van der Waals surface area contributed by atoms with Crippen LogP contribution >= 0.6 is 0 Å². The maximum Gasteiger partial charge on any atom is 0.328 e. The van der Waals surface area contributed by atoms with E-state index in [1.165, 1.54) is 17.7 Å². The number of rotatable bonds is 5. The monoisotopic (exact) mass is 270 g/mol. The highest BCUT2D eigenvalue weighted by molar-refractivity contribution is 5.83. The zero-order valence-electron chi connectivity index (χ0n) is 11.4. The van der Waals surface area contributed by atoms with Crippen LogP contribution < -0.4 is 0 Å². The molecule has 1 N–H and O–H groups in total. The lowest BCUT2D eigenvalue weighted by molar-refractivity contribution is -0.147. The molecule has 2 aliphatic rings. The molecule has 2 amide bonds. The number of carbonyl (C=O) groups is 2. The molecule has 0 radical (unpaired) electrons. The number of carboxylic acids is 1. The van der Waals surface area contributed by atoms with Crippen molar-refractivity contribution in [1.82, 2.24) is 9.80 Å². The first-order valence-electron chi connectivity index (χ1n) is 6.99. The van der Waals surface area contributed by atoms with Crippen molar-refractivity contribution in [2.75, 3.05) is 32.8 Å². The summed E-state index contributed by atoms with van der Waals surface area (Å²) < 4.78 is 5.16. The average Bonchev–Trinajstić information content (AvgIpc) is 3.21. The van der Waals surface area contributed by atoms with Gasteiger partial charge in [-0.2, -0.15) is 0 Å². The predicted molar refractivity (Wildman–Crippen MR) is 68.9 cm³/mol. The largest absolute Gasteiger partial charge is 0.480 e. The van der Waals surface area contributed by atoms with Crippen LogP contribution in [0.25, 0.3) is 0 Å². The molecule has 1 atom stereocenters. The zero-order valence-corrected chi connectivity index (χ0v) is 11.4. The number of aliphatic carboxylic acids is 1. The average molecular weight is 270 g/mol. The number of hydrogen-bond donors (Lipinski definition) is 1. The van der Waals surface area contributed by atoms with Gasteiger partial charge in [0.1, 0.15) is 0 Å². The number of carbonyl (C=O) groups excluding carboxylic acids is 1. The van der Waals surface area contributed by atoms with Crippen molar-refractivity contribution in [3.05, 3.63) is 0 Å². The molecule has 1 unspecified atom stereocenters. The summed E-state index contributed by atoms with van der Waals surface area (Å²) in [5.41, 5.74) is 0. The first-order valence-corrected chi connectivity index (χ1v) is 6.99. The second-order valence-electron chi connectivity index (χ2n) is 5.29. The summed E-state index contributed by atoms with van der Waals surface area (Å²) in [4.78, 5) is 26.9. The Kier molecular flexibility index (Phi) is 4.63. The van der Waals surface area contributed by atoms with Gasteiger partial charge in [0.25, 0.3) is 0 Å². The molecule has 1 saturated carbocycles. The minimum Gasteiger partial charge on any atom is -0.480 e. The third kappa shape index (κ3) is 3.59. The summed E-state index contributed by atoms with van der Waals surface area (Å²) in [5, 5.41) is 9.17. The number of hydrogen-bond acceptors (Lipinski definition) is 3. The van der Waals surface area contributed by atoms with E-state index in [1.54, 1.807) is 4.90 Å². The fraction of sp³-hybridized carbons (Fsp3) is 0.846. The van der Waals surface area contributed by atoms with E-state index in [2.05, 4.69) is 0 Å². The Morgan fingerprint density at radius 2 is 2.16 bits per heavy atom. The molecule has 0 bridgehead atoms. The fourth-order valence-electron chi connectivity index (χ4n) is 2.37. The van der Waals surface area contributed by atoms with Crippen LogP contribution in [0.4, 0.5) is 4.79 Å². The summed E-state index contributed by atoms with van der Waals surface area (Å²) in [6, 6.07) is -0.996. The summed E-state index contributed by atoms with van der Waals surface area (Å²) in [7, 11) is 0. The van der Waals surface area contributed by atoms with Gasteiger partial charge in [-0.25, -0.2) is 9.59 Å². The fourth-order valence-corrected chi connectivity index (χ4v) is 2.37. The molecule has 1 aliphatic carbocycles. The summed E-state index contributed by atoms with van der Waals surface area (Å²) in [6.07, 6.45) is 3.25. The van der Waals surface area contributed by atoms with Crippen molar-refractivity contribution in [2.24, 2.45) is 5.92 Å². The molecular formula is C13H22N2O4.